The normalized spacial score (nSPS) is 13.2. The van der Waals surface area contributed by atoms with Crippen LogP contribution in [0.2, 0.25) is 0 Å². The number of aliphatic hydroxyl groups is 1. The maximum atomic E-state index is 13.0. The van der Waals surface area contributed by atoms with Crippen LogP contribution in [0.4, 0.5) is 4.79 Å². The second-order valence-electron chi connectivity index (χ2n) is 8.05. The second-order valence-corrected chi connectivity index (χ2v) is 9.73. The molecule has 2 aromatic rings. The monoisotopic (exact) mass is 439 g/mol. The molecule has 0 saturated heterocycles. The van der Waals surface area contributed by atoms with Crippen LogP contribution in [0.1, 0.15) is 34.1 Å². The van der Waals surface area contributed by atoms with Crippen LogP contribution in [-0.2, 0) is 14.8 Å². The number of hydrogen-bond donors (Lipinski definition) is 3. The Balaban J connectivity index is 2.22. The maximum Gasteiger partial charge on any atom is 0.410 e. The minimum absolute atomic E-state index is 0.0165. The van der Waals surface area contributed by atoms with E-state index in [9.17, 15) is 18.0 Å². The number of aliphatic hydroxyl groups excluding tert-OH is 1. The first-order valence-corrected chi connectivity index (χ1v) is 11.1. The number of carbonyl (C=O) groups is 1. The quantitative estimate of drug-likeness (QED) is 0.575. The molecule has 0 saturated carbocycles. The van der Waals surface area contributed by atoms with Crippen molar-refractivity contribution in [2.75, 3.05) is 19.7 Å². The summed E-state index contributed by atoms with van der Waals surface area (Å²) in [5.74, 6) is 0. The maximum absolute atomic E-state index is 13.0. The highest BCUT2D eigenvalue weighted by atomic mass is 32.2. The van der Waals surface area contributed by atoms with Gasteiger partial charge in [-0.2, -0.15) is 0 Å². The van der Waals surface area contributed by atoms with Crippen molar-refractivity contribution in [3.8, 4) is 0 Å². The van der Waals surface area contributed by atoms with Gasteiger partial charge in [-0.3, -0.25) is 4.79 Å². The lowest BCUT2D eigenvalue weighted by Gasteiger charge is -2.29. The highest BCUT2D eigenvalue weighted by Crippen LogP contribution is 2.20. The fraction of sp³-hybridized carbons (Fsp3) is 0.500. The van der Waals surface area contributed by atoms with Crippen LogP contribution in [0, 0.1) is 0 Å². The third-order valence-electron chi connectivity index (χ3n) is 4.15. The number of aromatic amines is 1. The van der Waals surface area contributed by atoms with Crippen molar-refractivity contribution in [3.05, 3.63) is 40.8 Å². The molecule has 0 radical (unpaired) electrons. The third kappa shape index (κ3) is 6.28. The number of hydrogen-bond acceptors (Lipinski definition) is 6. The van der Waals surface area contributed by atoms with Gasteiger partial charge in [0.15, 0.2) is 0 Å². The fourth-order valence-electron chi connectivity index (χ4n) is 2.97. The van der Waals surface area contributed by atoms with E-state index in [-0.39, 0.29) is 35.5 Å². The van der Waals surface area contributed by atoms with Crippen molar-refractivity contribution in [1.82, 2.24) is 14.6 Å². The first-order chi connectivity index (χ1) is 13.9. The molecule has 0 fully saturated rings. The van der Waals surface area contributed by atoms with Crippen LogP contribution in [0.15, 0.2) is 40.2 Å². The molecule has 1 unspecified atom stereocenters. The number of rotatable bonds is 8. The predicted octanol–water partition coefficient (Wildman–Crippen LogP) is 1.81. The first-order valence-electron chi connectivity index (χ1n) is 9.66. The third-order valence-corrected chi connectivity index (χ3v) is 5.80. The number of aromatic nitrogens is 1. The molecule has 30 heavy (non-hydrogen) atoms. The molecule has 1 heterocycles. The molecule has 0 aliphatic carbocycles. The first kappa shape index (κ1) is 23.8. The van der Waals surface area contributed by atoms with Crippen molar-refractivity contribution in [2.45, 2.75) is 50.7 Å². The van der Waals surface area contributed by atoms with Crippen LogP contribution in [-0.4, -0.2) is 60.8 Å². The zero-order valence-electron chi connectivity index (χ0n) is 17.6. The van der Waals surface area contributed by atoms with Gasteiger partial charge in [-0.05, 0) is 52.3 Å². The summed E-state index contributed by atoms with van der Waals surface area (Å²) in [6.45, 7) is 7.02. The van der Waals surface area contributed by atoms with Crippen LogP contribution in [0.5, 0.6) is 0 Å². The molecule has 10 heteroatoms. The van der Waals surface area contributed by atoms with E-state index in [4.69, 9.17) is 9.84 Å². The van der Waals surface area contributed by atoms with Crippen LogP contribution >= 0.6 is 0 Å². The zero-order chi connectivity index (χ0) is 22.5. The Bertz CT molecular complexity index is 1040. The lowest BCUT2D eigenvalue weighted by Crippen LogP contribution is -2.46. The van der Waals surface area contributed by atoms with Gasteiger partial charge in [0, 0.05) is 42.7 Å². The van der Waals surface area contributed by atoms with E-state index >= 15 is 0 Å². The lowest BCUT2D eigenvalue weighted by molar-refractivity contribution is 0.0229. The Morgan fingerprint density at radius 1 is 1.27 bits per heavy atom. The van der Waals surface area contributed by atoms with Crippen LogP contribution in [0.25, 0.3) is 10.8 Å². The van der Waals surface area contributed by atoms with Gasteiger partial charge in [-0.25, -0.2) is 17.9 Å². The van der Waals surface area contributed by atoms with Crippen LogP contribution in [0.3, 0.4) is 0 Å². The molecular formula is C20H29N3O6S. The van der Waals surface area contributed by atoms with E-state index in [1.165, 1.54) is 29.3 Å². The van der Waals surface area contributed by atoms with Gasteiger partial charge in [0.2, 0.25) is 10.0 Å². The lowest BCUT2D eigenvalue weighted by atomic mass is 10.2. The number of amides is 1. The van der Waals surface area contributed by atoms with E-state index in [0.29, 0.717) is 11.8 Å². The van der Waals surface area contributed by atoms with Crippen molar-refractivity contribution in [2.24, 2.45) is 0 Å². The van der Waals surface area contributed by atoms with Gasteiger partial charge in [0.25, 0.3) is 5.56 Å². The molecule has 1 aromatic carbocycles. The average molecular weight is 440 g/mol. The number of benzene rings is 1. The summed E-state index contributed by atoms with van der Waals surface area (Å²) in [5.41, 5.74) is -1.08. The molecule has 2 rings (SSSR count). The molecular weight excluding hydrogens is 410 g/mol. The summed E-state index contributed by atoms with van der Waals surface area (Å²) in [4.78, 5) is 28.3. The number of nitrogens with zero attached hydrogens (tertiary/aromatic N) is 1. The Kier molecular flexibility index (Phi) is 7.62. The summed E-state index contributed by atoms with van der Waals surface area (Å²) in [6, 6.07) is 5.37. The van der Waals surface area contributed by atoms with Gasteiger partial charge in [-0.1, -0.05) is 6.07 Å². The van der Waals surface area contributed by atoms with E-state index in [2.05, 4.69) is 9.71 Å². The fourth-order valence-corrected chi connectivity index (χ4v) is 4.42. The molecule has 1 aromatic heterocycles. The Labute approximate surface area is 176 Å². The standard InChI is InChI=1S/C20H29N3O6S/c1-14(13-23(11-6-12-24)19(26)29-20(2,3)4)22-30(27,28)17-8-5-7-16-15(17)9-10-21-18(16)25/h5,7-10,14,22,24H,6,11-13H2,1-4H3,(H,21,25). The summed E-state index contributed by atoms with van der Waals surface area (Å²) in [5, 5.41) is 9.68. The second kappa shape index (κ2) is 9.59. The molecule has 0 aliphatic rings. The van der Waals surface area contributed by atoms with Gasteiger partial charge >= 0.3 is 6.09 Å². The Hall–Kier alpha value is -2.43. The van der Waals surface area contributed by atoms with Crippen LogP contribution < -0.4 is 10.3 Å². The van der Waals surface area contributed by atoms with Crippen molar-refractivity contribution in [1.29, 1.82) is 0 Å². The molecule has 3 N–H and O–H groups in total. The number of sulfonamides is 1. The summed E-state index contributed by atoms with van der Waals surface area (Å²) >= 11 is 0. The van der Waals surface area contributed by atoms with E-state index in [0.717, 1.165) is 0 Å². The highest BCUT2D eigenvalue weighted by molar-refractivity contribution is 7.89. The largest absolute Gasteiger partial charge is 0.444 e. The van der Waals surface area contributed by atoms with Gasteiger partial charge in [0.1, 0.15) is 5.60 Å². The number of ether oxygens (including phenoxy) is 1. The number of pyridine rings is 1. The molecule has 1 atom stereocenters. The summed E-state index contributed by atoms with van der Waals surface area (Å²) < 4.78 is 33.9. The van der Waals surface area contributed by atoms with E-state index in [1.807, 2.05) is 0 Å². The number of carbonyl (C=O) groups excluding carboxylic acids is 1. The average Bonchev–Trinajstić information content (AvgIpc) is 2.63. The van der Waals surface area contributed by atoms with Gasteiger partial charge < -0.3 is 19.7 Å². The van der Waals surface area contributed by atoms with Gasteiger partial charge in [0.05, 0.1) is 4.90 Å². The smallest absolute Gasteiger partial charge is 0.410 e. The minimum Gasteiger partial charge on any atom is -0.444 e. The SMILES string of the molecule is CC(CN(CCCO)C(=O)OC(C)(C)C)NS(=O)(=O)c1cccc2c(=O)[nH]ccc12. The number of nitrogens with one attached hydrogen (secondary N) is 2. The molecule has 0 bridgehead atoms. The Morgan fingerprint density at radius 3 is 2.60 bits per heavy atom. The highest BCUT2D eigenvalue weighted by Gasteiger charge is 2.26. The van der Waals surface area contributed by atoms with Crippen molar-refractivity contribution < 1.29 is 23.1 Å². The van der Waals surface area contributed by atoms with Crippen molar-refractivity contribution in [3.63, 3.8) is 0 Å². The summed E-state index contributed by atoms with van der Waals surface area (Å²) in [7, 11) is -3.96. The molecule has 0 spiro atoms. The predicted molar refractivity (Wildman–Crippen MR) is 114 cm³/mol. The number of fused-ring (bicyclic) bond motifs is 1. The molecule has 9 nitrogen and oxygen atoms in total. The van der Waals surface area contributed by atoms with E-state index in [1.54, 1.807) is 33.8 Å². The molecule has 1 amide bonds. The topological polar surface area (TPSA) is 129 Å². The van der Waals surface area contributed by atoms with Gasteiger partial charge in [-0.15, -0.1) is 0 Å². The number of H-pyrrole nitrogens is 1. The molecule has 0 aliphatic heterocycles. The van der Waals surface area contributed by atoms with E-state index < -0.39 is 27.8 Å². The van der Waals surface area contributed by atoms with Crippen molar-refractivity contribution >= 4 is 26.9 Å². The molecule has 166 valence electrons. The Morgan fingerprint density at radius 2 is 1.97 bits per heavy atom. The zero-order valence-corrected chi connectivity index (χ0v) is 18.5. The minimum atomic E-state index is -3.96. The summed E-state index contributed by atoms with van der Waals surface area (Å²) in [6.07, 6.45) is 1.15.